The van der Waals surface area contributed by atoms with Gasteiger partial charge in [0.05, 0.1) is 6.10 Å². The molecule has 2 nitrogen and oxygen atoms in total. The normalized spacial score (nSPS) is 21.0. The van der Waals surface area contributed by atoms with Crippen molar-refractivity contribution in [2.75, 3.05) is 6.54 Å². The van der Waals surface area contributed by atoms with Gasteiger partial charge in [0.2, 0.25) is 0 Å². The Morgan fingerprint density at radius 2 is 2.00 bits per heavy atom. The Balaban J connectivity index is 2.05. The van der Waals surface area contributed by atoms with Crippen molar-refractivity contribution in [2.45, 2.75) is 52.2 Å². The van der Waals surface area contributed by atoms with Crippen LogP contribution in [0.4, 0.5) is 0 Å². The van der Waals surface area contributed by atoms with E-state index in [4.69, 9.17) is 0 Å². The molecule has 2 heteroatoms. The standard InChI is InChI=1S/C10H21NO/c1-10(2,3)6-9(12)7-11-8-4-5-8/h8-9,11-12H,4-7H2,1-3H3. The minimum absolute atomic E-state index is 0.175. The average Bonchev–Trinajstić information content (AvgIpc) is 2.61. The molecule has 0 bridgehead atoms. The second kappa shape index (κ2) is 3.75. The van der Waals surface area contributed by atoms with Crippen LogP contribution in [0.2, 0.25) is 0 Å². The first-order chi connectivity index (χ1) is 5.47. The summed E-state index contributed by atoms with van der Waals surface area (Å²) in [4.78, 5) is 0. The van der Waals surface area contributed by atoms with Crippen molar-refractivity contribution < 1.29 is 5.11 Å². The molecular formula is C10H21NO. The zero-order valence-electron chi connectivity index (χ0n) is 8.43. The molecule has 1 aliphatic carbocycles. The Labute approximate surface area is 75.4 Å². The smallest absolute Gasteiger partial charge is 0.0669 e. The van der Waals surface area contributed by atoms with Crippen LogP contribution in [0.3, 0.4) is 0 Å². The van der Waals surface area contributed by atoms with Crippen molar-refractivity contribution >= 4 is 0 Å². The fourth-order valence-corrected chi connectivity index (χ4v) is 1.37. The van der Waals surface area contributed by atoms with Gasteiger partial charge in [-0.2, -0.15) is 0 Å². The Morgan fingerprint density at radius 1 is 1.42 bits per heavy atom. The van der Waals surface area contributed by atoms with Crippen molar-refractivity contribution in [3.8, 4) is 0 Å². The maximum Gasteiger partial charge on any atom is 0.0669 e. The molecule has 0 heterocycles. The molecule has 0 aromatic heterocycles. The molecule has 12 heavy (non-hydrogen) atoms. The lowest BCUT2D eigenvalue weighted by atomic mass is 9.89. The van der Waals surface area contributed by atoms with E-state index in [1.165, 1.54) is 12.8 Å². The van der Waals surface area contributed by atoms with E-state index in [1.807, 2.05) is 0 Å². The molecule has 1 aliphatic rings. The van der Waals surface area contributed by atoms with E-state index in [1.54, 1.807) is 0 Å². The van der Waals surface area contributed by atoms with E-state index < -0.39 is 0 Å². The van der Waals surface area contributed by atoms with Crippen LogP contribution in [0.15, 0.2) is 0 Å². The van der Waals surface area contributed by atoms with Crippen LogP contribution >= 0.6 is 0 Å². The van der Waals surface area contributed by atoms with E-state index in [9.17, 15) is 5.11 Å². The molecule has 1 fully saturated rings. The largest absolute Gasteiger partial charge is 0.392 e. The minimum Gasteiger partial charge on any atom is -0.392 e. The summed E-state index contributed by atoms with van der Waals surface area (Å²) in [6, 6.07) is 0.708. The van der Waals surface area contributed by atoms with E-state index in [2.05, 4.69) is 26.1 Å². The quantitative estimate of drug-likeness (QED) is 0.672. The maximum atomic E-state index is 9.60. The lowest BCUT2D eigenvalue weighted by Crippen LogP contribution is -2.31. The highest BCUT2D eigenvalue weighted by molar-refractivity contribution is 4.82. The summed E-state index contributed by atoms with van der Waals surface area (Å²) in [5, 5.41) is 12.9. The van der Waals surface area contributed by atoms with E-state index in [0.717, 1.165) is 13.0 Å². The van der Waals surface area contributed by atoms with Gasteiger partial charge >= 0.3 is 0 Å². The third-order valence-electron chi connectivity index (χ3n) is 2.07. The van der Waals surface area contributed by atoms with Gasteiger partial charge in [-0.25, -0.2) is 0 Å². The third kappa shape index (κ3) is 4.73. The van der Waals surface area contributed by atoms with Crippen molar-refractivity contribution in [1.82, 2.24) is 5.32 Å². The summed E-state index contributed by atoms with van der Waals surface area (Å²) in [5.74, 6) is 0. The SMILES string of the molecule is CC(C)(C)CC(O)CNC1CC1. The topological polar surface area (TPSA) is 32.3 Å². The van der Waals surface area contributed by atoms with Crippen molar-refractivity contribution in [2.24, 2.45) is 5.41 Å². The molecule has 0 aliphatic heterocycles. The van der Waals surface area contributed by atoms with Gasteiger partial charge in [0, 0.05) is 12.6 Å². The number of aliphatic hydroxyl groups is 1. The first-order valence-electron chi connectivity index (χ1n) is 4.89. The second-order valence-electron chi connectivity index (χ2n) is 5.10. The van der Waals surface area contributed by atoms with Crippen LogP contribution in [0.25, 0.3) is 0 Å². The van der Waals surface area contributed by atoms with Crippen LogP contribution in [0.5, 0.6) is 0 Å². The van der Waals surface area contributed by atoms with E-state index in [-0.39, 0.29) is 11.5 Å². The maximum absolute atomic E-state index is 9.60. The molecule has 1 rings (SSSR count). The molecule has 0 spiro atoms. The van der Waals surface area contributed by atoms with Crippen LogP contribution < -0.4 is 5.32 Å². The molecule has 0 saturated heterocycles. The molecule has 1 atom stereocenters. The molecule has 0 radical (unpaired) electrons. The highest BCUT2D eigenvalue weighted by Gasteiger charge is 2.22. The summed E-state index contributed by atoms with van der Waals surface area (Å²) >= 11 is 0. The Bertz CT molecular complexity index is 135. The fraction of sp³-hybridized carbons (Fsp3) is 1.00. The lowest BCUT2D eigenvalue weighted by Gasteiger charge is -2.22. The summed E-state index contributed by atoms with van der Waals surface area (Å²) in [7, 11) is 0. The van der Waals surface area contributed by atoms with Gasteiger partial charge in [0.15, 0.2) is 0 Å². The highest BCUT2D eigenvalue weighted by atomic mass is 16.3. The summed E-state index contributed by atoms with van der Waals surface area (Å²) < 4.78 is 0. The van der Waals surface area contributed by atoms with Gasteiger partial charge in [-0.15, -0.1) is 0 Å². The molecule has 1 saturated carbocycles. The molecule has 72 valence electrons. The predicted octanol–water partition coefficient (Wildman–Crippen LogP) is 1.54. The molecule has 2 N–H and O–H groups in total. The minimum atomic E-state index is -0.175. The monoisotopic (exact) mass is 171 g/mol. The molecule has 1 unspecified atom stereocenters. The molecular weight excluding hydrogens is 150 g/mol. The first-order valence-corrected chi connectivity index (χ1v) is 4.89. The van der Waals surface area contributed by atoms with Gasteiger partial charge in [-0.1, -0.05) is 20.8 Å². The predicted molar refractivity (Wildman–Crippen MR) is 51.1 cm³/mol. The Morgan fingerprint density at radius 3 is 2.42 bits per heavy atom. The van der Waals surface area contributed by atoms with E-state index in [0.29, 0.717) is 6.04 Å². The number of hydrogen-bond acceptors (Lipinski definition) is 2. The molecule has 0 amide bonds. The van der Waals surface area contributed by atoms with Gasteiger partial charge in [-0.05, 0) is 24.7 Å². The Hall–Kier alpha value is -0.0800. The zero-order chi connectivity index (χ0) is 9.19. The van der Waals surface area contributed by atoms with Gasteiger partial charge in [0.25, 0.3) is 0 Å². The first kappa shape index (κ1) is 10.0. The molecule has 0 aromatic rings. The third-order valence-corrected chi connectivity index (χ3v) is 2.07. The summed E-state index contributed by atoms with van der Waals surface area (Å²) in [6.07, 6.45) is 3.29. The number of rotatable bonds is 4. The fourth-order valence-electron chi connectivity index (χ4n) is 1.37. The van der Waals surface area contributed by atoms with Crippen molar-refractivity contribution in [1.29, 1.82) is 0 Å². The average molecular weight is 171 g/mol. The van der Waals surface area contributed by atoms with Crippen LogP contribution in [-0.4, -0.2) is 23.8 Å². The number of hydrogen-bond donors (Lipinski definition) is 2. The van der Waals surface area contributed by atoms with E-state index >= 15 is 0 Å². The summed E-state index contributed by atoms with van der Waals surface area (Å²) in [6.45, 7) is 7.25. The lowest BCUT2D eigenvalue weighted by molar-refractivity contribution is 0.119. The van der Waals surface area contributed by atoms with Gasteiger partial charge in [0.1, 0.15) is 0 Å². The summed E-state index contributed by atoms with van der Waals surface area (Å²) in [5.41, 5.74) is 0.241. The number of aliphatic hydroxyl groups excluding tert-OH is 1. The highest BCUT2D eigenvalue weighted by Crippen LogP contribution is 2.22. The van der Waals surface area contributed by atoms with Crippen LogP contribution in [0.1, 0.15) is 40.0 Å². The number of nitrogens with one attached hydrogen (secondary N) is 1. The van der Waals surface area contributed by atoms with Crippen LogP contribution in [0, 0.1) is 5.41 Å². The molecule has 0 aromatic carbocycles. The second-order valence-corrected chi connectivity index (χ2v) is 5.10. The van der Waals surface area contributed by atoms with Crippen LogP contribution in [-0.2, 0) is 0 Å². The van der Waals surface area contributed by atoms with Crippen molar-refractivity contribution in [3.05, 3.63) is 0 Å². The van der Waals surface area contributed by atoms with Gasteiger partial charge < -0.3 is 10.4 Å². The Kier molecular flexibility index (Phi) is 3.13. The van der Waals surface area contributed by atoms with Crippen molar-refractivity contribution in [3.63, 3.8) is 0 Å². The van der Waals surface area contributed by atoms with Gasteiger partial charge in [-0.3, -0.25) is 0 Å². The zero-order valence-corrected chi connectivity index (χ0v) is 8.43.